The highest BCUT2D eigenvalue weighted by molar-refractivity contribution is 5.67. The molecule has 0 rings (SSSR count). The van der Waals surface area contributed by atoms with Gasteiger partial charge in [-0.05, 0) is 0 Å². The van der Waals surface area contributed by atoms with E-state index in [9.17, 15) is 4.79 Å². The first-order valence-electron chi connectivity index (χ1n) is 7.51. The minimum atomic E-state index is -0.984. The van der Waals surface area contributed by atoms with Crippen molar-refractivity contribution in [1.29, 1.82) is 0 Å². The number of carboxylic acid groups (broad SMARTS) is 1. The van der Waals surface area contributed by atoms with E-state index in [1.165, 1.54) is 0 Å². The van der Waals surface area contributed by atoms with Crippen LogP contribution in [0.25, 0.3) is 0 Å². The lowest BCUT2D eigenvalue weighted by atomic mass is 10.5. The zero-order chi connectivity index (χ0) is 17.0. The molecular formula is C15H28O8. The Balaban J connectivity index is 3.07. The predicted molar refractivity (Wildman–Crippen MR) is 82.7 cm³/mol. The molecule has 0 aliphatic carbocycles. The molecule has 0 aromatic rings. The van der Waals surface area contributed by atoms with E-state index in [1.807, 2.05) is 12.2 Å². The van der Waals surface area contributed by atoms with Crippen molar-refractivity contribution in [3.8, 4) is 0 Å². The second kappa shape index (κ2) is 19.0. The molecule has 8 heteroatoms. The third kappa shape index (κ3) is 21.0. The summed E-state index contributed by atoms with van der Waals surface area (Å²) in [5, 5.41) is 8.34. The normalized spacial score (nSPS) is 11.3. The van der Waals surface area contributed by atoms with Crippen molar-refractivity contribution >= 4 is 5.97 Å². The van der Waals surface area contributed by atoms with Crippen LogP contribution in [0.5, 0.6) is 0 Å². The number of ether oxygens (including phenoxy) is 6. The monoisotopic (exact) mass is 336 g/mol. The molecular weight excluding hydrogens is 308 g/mol. The summed E-state index contributed by atoms with van der Waals surface area (Å²) in [5.74, 6) is -0.984. The van der Waals surface area contributed by atoms with Gasteiger partial charge in [-0.1, -0.05) is 12.2 Å². The molecule has 0 aliphatic rings. The summed E-state index contributed by atoms with van der Waals surface area (Å²) in [6.07, 6.45) is 3.76. The molecule has 0 amide bonds. The van der Waals surface area contributed by atoms with E-state index in [4.69, 9.17) is 33.5 Å². The number of hydrogen-bond acceptors (Lipinski definition) is 7. The van der Waals surface area contributed by atoms with Crippen LogP contribution < -0.4 is 0 Å². The number of rotatable bonds is 18. The standard InChI is InChI=1S/C15H28O8/c1-18-6-7-21-10-8-19-4-2-3-5-20-9-11-22-12-13-23-14-15(16)17/h2-3H,4-14H2,1H3,(H,16,17)/b3-2+. The fraction of sp³-hybridized carbons (Fsp3) is 0.800. The molecule has 136 valence electrons. The Bertz CT molecular complexity index is 283. The molecule has 23 heavy (non-hydrogen) atoms. The van der Waals surface area contributed by atoms with Gasteiger partial charge < -0.3 is 33.5 Å². The first-order valence-corrected chi connectivity index (χ1v) is 7.51. The zero-order valence-corrected chi connectivity index (χ0v) is 13.7. The Morgan fingerprint density at radius 2 is 1.17 bits per heavy atom. The molecule has 8 nitrogen and oxygen atoms in total. The molecule has 0 bridgehead atoms. The fourth-order valence-electron chi connectivity index (χ4n) is 1.30. The van der Waals surface area contributed by atoms with Crippen LogP contribution in [0.4, 0.5) is 0 Å². The second-order valence-corrected chi connectivity index (χ2v) is 4.29. The van der Waals surface area contributed by atoms with Crippen LogP contribution in [0.1, 0.15) is 0 Å². The predicted octanol–water partition coefficient (Wildman–Crippen LogP) is 0.357. The first-order chi connectivity index (χ1) is 11.3. The van der Waals surface area contributed by atoms with Gasteiger partial charge in [0.2, 0.25) is 0 Å². The maximum atomic E-state index is 10.2. The first kappa shape index (κ1) is 22.0. The molecule has 0 fully saturated rings. The highest BCUT2D eigenvalue weighted by Crippen LogP contribution is 1.84. The van der Waals surface area contributed by atoms with Gasteiger partial charge in [0.1, 0.15) is 6.61 Å². The smallest absolute Gasteiger partial charge is 0.329 e. The van der Waals surface area contributed by atoms with E-state index in [2.05, 4.69) is 0 Å². The topological polar surface area (TPSA) is 92.7 Å². The molecule has 1 N–H and O–H groups in total. The molecule has 0 aliphatic heterocycles. The second-order valence-electron chi connectivity index (χ2n) is 4.29. The highest BCUT2D eigenvalue weighted by atomic mass is 16.6. The number of methoxy groups -OCH3 is 1. The van der Waals surface area contributed by atoms with E-state index in [1.54, 1.807) is 7.11 Å². The number of aliphatic carboxylic acids is 1. The van der Waals surface area contributed by atoms with Crippen molar-refractivity contribution in [2.45, 2.75) is 0 Å². The summed E-state index contributed by atoms with van der Waals surface area (Å²) in [4.78, 5) is 10.2. The van der Waals surface area contributed by atoms with Gasteiger partial charge in [-0.15, -0.1) is 0 Å². The lowest BCUT2D eigenvalue weighted by Gasteiger charge is -2.04. The average molecular weight is 336 g/mol. The summed E-state index contributed by atoms with van der Waals surface area (Å²) in [7, 11) is 1.63. The molecule has 0 aromatic heterocycles. The van der Waals surface area contributed by atoms with Gasteiger partial charge in [-0.3, -0.25) is 0 Å². The van der Waals surface area contributed by atoms with Crippen LogP contribution in [0.3, 0.4) is 0 Å². The molecule has 0 radical (unpaired) electrons. The lowest BCUT2D eigenvalue weighted by molar-refractivity contribution is -0.142. The quantitative estimate of drug-likeness (QED) is 0.283. The van der Waals surface area contributed by atoms with Crippen molar-refractivity contribution in [2.75, 3.05) is 79.8 Å². The Morgan fingerprint density at radius 3 is 1.65 bits per heavy atom. The number of hydrogen-bond donors (Lipinski definition) is 1. The van der Waals surface area contributed by atoms with Gasteiger partial charge in [-0.25, -0.2) is 4.79 Å². The molecule has 0 spiro atoms. The van der Waals surface area contributed by atoms with Gasteiger partial charge in [0, 0.05) is 7.11 Å². The Labute approximate surface area is 137 Å². The molecule has 0 unspecified atom stereocenters. The fourth-order valence-corrected chi connectivity index (χ4v) is 1.30. The van der Waals surface area contributed by atoms with Crippen molar-refractivity contribution in [1.82, 2.24) is 0 Å². The van der Waals surface area contributed by atoms with E-state index >= 15 is 0 Å². The molecule has 0 heterocycles. The van der Waals surface area contributed by atoms with Crippen LogP contribution >= 0.6 is 0 Å². The number of carbonyl (C=O) groups is 1. The minimum absolute atomic E-state index is 0.263. The van der Waals surface area contributed by atoms with Gasteiger partial charge in [0.15, 0.2) is 0 Å². The molecule has 0 atom stereocenters. The SMILES string of the molecule is COCCOCCOC/C=C/COCCOCCOCC(=O)O. The van der Waals surface area contributed by atoms with E-state index in [-0.39, 0.29) is 13.2 Å². The summed E-state index contributed by atoms with van der Waals surface area (Å²) < 4.78 is 30.7. The van der Waals surface area contributed by atoms with Crippen LogP contribution in [0.2, 0.25) is 0 Å². The van der Waals surface area contributed by atoms with Crippen LogP contribution in [0.15, 0.2) is 12.2 Å². The molecule has 0 saturated carbocycles. The minimum Gasteiger partial charge on any atom is -0.480 e. The van der Waals surface area contributed by atoms with Crippen molar-refractivity contribution in [2.24, 2.45) is 0 Å². The maximum Gasteiger partial charge on any atom is 0.329 e. The molecule has 0 aromatic carbocycles. The van der Waals surface area contributed by atoms with Crippen molar-refractivity contribution in [3.05, 3.63) is 12.2 Å². The van der Waals surface area contributed by atoms with Gasteiger partial charge in [0.05, 0.1) is 66.1 Å². The van der Waals surface area contributed by atoms with Crippen molar-refractivity contribution < 1.29 is 38.3 Å². The summed E-state index contributed by atoms with van der Waals surface area (Å²) >= 11 is 0. The Morgan fingerprint density at radius 1 is 0.739 bits per heavy atom. The Kier molecular flexibility index (Phi) is 18.2. The van der Waals surface area contributed by atoms with Crippen molar-refractivity contribution in [3.63, 3.8) is 0 Å². The summed E-state index contributed by atoms with van der Waals surface area (Å²) in [6.45, 7) is 4.52. The van der Waals surface area contributed by atoms with E-state index in [0.717, 1.165) is 0 Å². The lowest BCUT2D eigenvalue weighted by Crippen LogP contribution is -2.13. The van der Waals surface area contributed by atoms with Crippen LogP contribution in [0, 0.1) is 0 Å². The summed E-state index contributed by atoms with van der Waals surface area (Å²) in [6, 6.07) is 0. The van der Waals surface area contributed by atoms with Crippen LogP contribution in [-0.2, 0) is 33.2 Å². The zero-order valence-electron chi connectivity index (χ0n) is 13.7. The third-order valence-electron chi connectivity index (χ3n) is 2.37. The average Bonchev–Trinajstić information content (AvgIpc) is 2.53. The summed E-state index contributed by atoms with van der Waals surface area (Å²) in [5.41, 5.74) is 0. The van der Waals surface area contributed by atoms with Gasteiger partial charge in [0.25, 0.3) is 0 Å². The maximum absolute atomic E-state index is 10.2. The number of carboxylic acids is 1. The van der Waals surface area contributed by atoms with Gasteiger partial charge >= 0.3 is 5.97 Å². The van der Waals surface area contributed by atoms with Crippen LogP contribution in [-0.4, -0.2) is 90.9 Å². The third-order valence-corrected chi connectivity index (χ3v) is 2.37. The van der Waals surface area contributed by atoms with Gasteiger partial charge in [-0.2, -0.15) is 0 Å². The largest absolute Gasteiger partial charge is 0.480 e. The van der Waals surface area contributed by atoms with E-state index < -0.39 is 5.97 Å². The van der Waals surface area contributed by atoms with E-state index in [0.29, 0.717) is 59.5 Å². The molecule has 0 saturated heterocycles. The highest BCUT2D eigenvalue weighted by Gasteiger charge is 1.95. The Hall–Kier alpha value is -1.03.